The Hall–Kier alpha value is -2.82. The minimum atomic E-state index is -0.539. The van der Waals surface area contributed by atoms with Crippen LogP contribution < -0.4 is 10.1 Å². The Morgan fingerprint density at radius 3 is 2.19 bits per heavy atom. The summed E-state index contributed by atoms with van der Waals surface area (Å²) in [5, 5.41) is 2.63. The highest BCUT2D eigenvalue weighted by Crippen LogP contribution is 2.16. The number of ether oxygens (including phenoxy) is 1. The molecule has 0 saturated heterocycles. The number of carbonyl (C=O) groups excluding carboxylic acids is 2. The number of methoxy groups -OCH3 is 1. The third-order valence-corrected chi connectivity index (χ3v) is 4.67. The maximum atomic E-state index is 12.9. The molecule has 0 aliphatic heterocycles. The van der Waals surface area contributed by atoms with E-state index in [9.17, 15) is 9.59 Å². The Morgan fingerprint density at radius 1 is 1.04 bits per heavy atom. The molecule has 0 fully saturated rings. The van der Waals surface area contributed by atoms with Crippen molar-refractivity contribution < 1.29 is 14.3 Å². The molecule has 0 radical (unpaired) electrons. The van der Waals surface area contributed by atoms with Crippen LogP contribution in [0.3, 0.4) is 0 Å². The maximum absolute atomic E-state index is 12.9. The first kappa shape index (κ1) is 20.5. The van der Waals surface area contributed by atoms with Gasteiger partial charge in [0.1, 0.15) is 11.8 Å². The number of nitrogens with one attached hydrogen (secondary N) is 1. The molecule has 2 rings (SSSR count). The van der Waals surface area contributed by atoms with Crippen molar-refractivity contribution >= 4 is 11.8 Å². The third-order valence-electron chi connectivity index (χ3n) is 4.67. The van der Waals surface area contributed by atoms with Gasteiger partial charge in [-0.25, -0.2) is 0 Å². The normalized spacial score (nSPS) is 11.6. The van der Waals surface area contributed by atoms with Gasteiger partial charge < -0.3 is 15.0 Å². The lowest BCUT2D eigenvalue weighted by Gasteiger charge is -2.28. The second-order valence-corrected chi connectivity index (χ2v) is 6.65. The summed E-state index contributed by atoms with van der Waals surface area (Å²) in [5.74, 6) is 0.546. The number of likely N-dealkylation sites (N-methyl/N-ethyl adjacent to an activating group) is 1. The highest BCUT2D eigenvalue weighted by molar-refractivity contribution is 5.87. The van der Waals surface area contributed by atoms with E-state index in [2.05, 4.69) is 5.32 Å². The van der Waals surface area contributed by atoms with Crippen LogP contribution in [0.4, 0.5) is 0 Å². The lowest BCUT2D eigenvalue weighted by molar-refractivity contribution is -0.140. The van der Waals surface area contributed by atoms with E-state index in [0.29, 0.717) is 19.4 Å². The zero-order valence-electron chi connectivity index (χ0n) is 16.5. The first-order chi connectivity index (χ1) is 12.9. The van der Waals surface area contributed by atoms with Crippen molar-refractivity contribution in [2.45, 2.75) is 39.3 Å². The molecule has 0 aliphatic rings. The van der Waals surface area contributed by atoms with Crippen molar-refractivity contribution in [3.8, 4) is 5.75 Å². The van der Waals surface area contributed by atoms with Crippen LogP contribution in [0.15, 0.2) is 48.5 Å². The number of benzene rings is 2. The van der Waals surface area contributed by atoms with E-state index in [0.717, 1.165) is 16.9 Å². The molecule has 0 aliphatic carbocycles. The van der Waals surface area contributed by atoms with Crippen LogP contribution in [0.25, 0.3) is 0 Å². The molecule has 2 aromatic carbocycles. The van der Waals surface area contributed by atoms with E-state index >= 15 is 0 Å². The molecule has 5 nitrogen and oxygen atoms in total. The molecule has 0 spiro atoms. The number of amides is 2. The van der Waals surface area contributed by atoms with Gasteiger partial charge in [-0.2, -0.15) is 0 Å². The van der Waals surface area contributed by atoms with Crippen LogP contribution in [0, 0.1) is 6.92 Å². The third kappa shape index (κ3) is 5.84. The van der Waals surface area contributed by atoms with Gasteiger partial charge in [0.2, 0.25) is 11.8 Å². The minimum absolute atomic E-state index is 0.0394. The van der Waals surface area contributed by atoms with Crippen LogP contribution in [-0.2, 0) is 22.6 Å². The largest absolute Gasteiger partial charge is 0.497 e. The summed E-state index contributed by atoms with van der Waals surface area (Å²) >= 11 is 0. The standard InChI is InChI=1S/C22H28N2O3/c1-16-5-7-18(8-6-16)11-14-21(25)24(17(2)22(26)23-3)15-19-9-12-20(27-4)13-10-19/h5-10,12-13,17H,11,14-15H2,1-4H3,(H,23,26)/t17-/m1/s1. The first-order valence-electron chi connectivity index (χ1n) is 9.14. The van der Waals surface area contributed by atoms with E-state index in [1.807, 2.05) is 55.5 Å². The van der Waals surface area contributed by atoms with Crippen LogP contribution in [0.2, 0.25) is 0 Å². The zero-order chi connectivity index (χ0) is 19.8. The van der Waals surface area contributed by atoms with Gasteiger partial charge >= 0.3 is 0 Å². The van der Waals surface area contributed by atoms with E-state index < -0.39 is 6.04 Å². The number of nitrogens with zero attached hydrogens (tertiary/aromatic N) is 1. The van der Waals surface area contributed by atoms with E-state index in [1.165, 1.54) is 5.56 Å². The summed E-state index contributed by atoms with van der Waals surface area (Å²) < 4.78 is 5.18. The predicted molar refractivity (Wildman–Crippen MR) is 107 cm³/mol. The quantitative estimate of drug-likeness (QED) is 0.779. The minimum Gasteiger partial charge on any atom is -0.497 e. The number of carbonyl (C=O) groups is 2. The molecular formula is C22H28N2O3. The van der Waals surface area contributed by atoms with Crippen LogP contribution in [-0.4, -0.2) is 36.9 Å². The van der Waals surface area contributed by atoms with Gasteiger partial charge in [0, 0.05) is 20.0 Å². The van der Waals surface area contributed by atoms with Gasteiger partial charge in [-0.3, -0.25) is 9.59 Å². The summed E-state index contributed by atoms with van der Waals surface area (Å²) in [4.78, 5) is 26.7. The van der Waals surface area contributed by atoms with Crippen molar-refractivity contribution in [2.75, 3.05) is 14.2 Å². The van der Waals surface area contributed by atoms with Crippen molar-refractivity contribution in [1.29, 1.82) is 0 Å². The molecule has 1 N–H and O–H groups in total. The van der Waals surface area contributed by atoms with Crippen molar-refractivity contribution in [2.24, 2.45) is 0 Å². The monoisotopic (exact) mass is 368 g/mol. The fourth-order valence-electron chi connectivity index (χ4n) is 2.87. The second-order valence-electron chi connectivity index (χ2n) is 6.65. The van der Waals surface area contributed by atoms with Crippen LogP contribution in [0.1, 0.15) is 30.0 Å². The molecule has 0 heterocycles. The summed E-state index contributed by atoms with van der Waals surface area (Å²) in [6.07, 6.45) is 1.01. The Bertz CT molecular complexity index is 754. The molecule has 1 atom stereocenters. The number of hydrogen-bond acceptors (Lipinski definition) is 3. The average Bonchev–Trinajstić information content (AvgIpc) is 2.70. The van der Waals surface area contributed by atoms with E-state index in [4.69, 9.17) is 4.74 Å². The van der Waals surface area contributed by atoms with Crippen molar-refractivity contribution in [1.82, 2.24) is 10.2 Å². The van der Waals surface area contributed by atoms with Gasteiger partial charge in [-0.15, -0.1) is 0 Å². The molecule has 0 saturated carbocycles. The van der Waals surface area contributed by atoms with Gasteiger partial charge in [-0.1, -0.05) is 42.0 Å². The summed E-state index contributed by atoms with van der Waals surface area (Å²) in [6, 6.07) is 15.2. The van der Waals surface area contributed by atoms with Gasteiger partial charge in [0.15, 0.2) is 0 Å². The smallest absolute Gasteiger partial charge is 0.242 e. The Labute approximate surface area is 161 Å². The Morgan fingerprint density at radius 2 is 1.63 bits per heavy atom. The molecule has 5 heteroatoms. The Kier molecular flexibility index (Phi) is 7.41. The highest BCUT2D eigenvalue weighted by Gasteiger charge is 2.25. The molecule has 0 unspecified atom stereocenters. The van der Waals surface area contributed by atoms with Crippen LogP contribution >= 0.6 is 0 Å². The van der Waals surface area contributed by atoms with E-state index in [1.54, 1.807) is 26.0 Å². The number of aryl methyl sites for hydroxylation is 2. The number of hydrogen-bond donors (Lipinski definition) is 1. The van der Waals surface area contributed by atoms with Gasteiger partial charge in [0.05, 0.1) is 7.11 Å². The SMILES string of the molecule is CNC(=O)[C@@H](C)N(Cc1ccc(OC)cc1)C(=O)CCc1ccc(C)cc1. The number of rotatable bonds is 8. The molecule has 2 aromatic rings. The predicted octanol–water partition coefficient (Wildman–Crippen LogP) is 3.10. The Balaban J connectivity index is 2.10. The van der Waals surface area contributed by atoms with Crippen LogP contribution in [0.5, 0.6) is 5.75 Å². The average molecular weight is 368 g/mol. The summed E-state index contributed by atoms with van der Waals surface area (Å²) in [6.45, 7) is 4.17. The second kappa shape index (κ2) is 9.76. The molecule has 0 bridgehead atoms. The van der Waals surface area contributed by atoms with Crippen molar-refractivity contribution in [3.63, 3.8) is 0 Å². The first-order valence-corrected chi connectivity index (χ1v) is 9.14. The van der Waals surface area contributed by atoms with E-state index in [-0.39, 0.29) is 11.8 Å². The molecule has 0 aromatic heterocycles. The zero-order valence-corrected chi connectivity index (χ0v) is 16.5. The fourth-order valence-corrected chi connectivity index (χ4v) is 2.87. The van der Waals surface area contributed by atoms with Crippen molar-refractivity contribution in [3.05, 3.63) is 65.2 Å². The molecule has 2 amide bonds. The van der Waals surface area contributed by atoms with Gasteiger partial charge in [-0.05, 0) is 43.5 Å². The summed E-state index contributed by atoms with van der Waals surface area (Å²) in [7, 11) is 3.20. The molecular weight excluding hydrogens is 340 g/mol. The lowest BCUT2D eigenvalue weighted by Crippen LogP contribution is -2.46. The molecule has 144 valence electrons. The van der Waals surface area contributed by atoms with Gasteiger partial charge in [0.25, 0.3) is 0 Å². The highest BCUT2D eigenvalue weighted by atomic mass is 16.5. The summed E-state index contributed by atoms with van der Waals surface area (Å²) in [5.41, 5.74) is 3.26. The lowest BCUT2D eigenvalue weighted by atomic mass is 10.1. The topological polar surface area (TPSA) is 58.6 Å². The molecule has 27 heavy (non-hydrogen) atoms. The fraction of sp³-hybridized carbons (Fsp3) is 0.364. The maximum Gasteiger partial charge on any atom is 0.242 e.